The maximum Gasteiger partial charge on any atom is 0.279 e. The van der Waals surface area contributed by atoms with Gasteiger partial charge in [0.05, 0.1) is 15.1 Å². The minimum absolute atomic E-state index is 0.152. The third-order valence-corrected chi connectivity index (χ3v) is 9.44. The number of fused-ring (bicyclic) bond motifs is 3. The first kappa shape index (κ1) is 25.1. The molecule has 5 aromatic rings. The third kappa shape index (κ3) is 4.87. The zero-order valence-corrected chi connectivity index (χ0v) is 22.3. The molecule has 37 heavy (non-hydrogen) atoms. The maximum absolute atomic E-state index is 13.2. The first-order valence-corrected chi connectivity index (χ1v) is 14.4. The largest absolute Gasteiger partial charge is 0.317 e. The lowest BCUT2D eigenvalue weighted by Gasteiger charge is -2.20. The fourth-order valence-electron chi connectivity index (χ4n) is 4.41. The molecule has 0 saturated carbocycles. The highest BCUT2D eigenvalue weighted by Crippen LogP contribution is 2.27. The molecular weight excluding hydrogens is 502 g/mol. The number of aromatic nitrogens is 1. The summed E-state index contributed by atoms with van der Waals surface area (Å²) >= 11 is 1.49. The lowest BCUT2D eigenvalue weighted by Crippen LogP contribution is -2.30. The molecule has 1 amide bonds. The second kappa shape index (κ2) is 10.4. The molecule has 6 nitrogen and oxygen atoms in total. The average Bonchev–Trinajstić information content (AvgIpc) is 3.29. The van der Waals surface area contributed by atoms with Gasteiger partial charge in [-0.05, 0) is 48.2 Å². The topological polar surface area (TPSA) is 71.7 Å². The molecule has 1 aromatic heterocycles. The first-order valence-electron chi connectivity index (χ1n) is 12.2. The van der Waals surface area contributed by atoms with Gasteiger partial charge in [-0.2, -0.15) is 9.30 Å². The molecule has 0 spiro atoms. The van der Waals surface area contributed by atoms with Gasteiger partial charge in [-0.15, -0.1) is 0 Å². The van der Waals surface area contributed by atoms with Crippen molar-refractivity contribution in [1.82, 2.24) is 8.87 Å². The van der Waals surface area contributed by atoms with Gasteiger partial charge >= 0.3 is 0 Å². The summed E-state index contributed by atoms with van der Waals surface area (Å²) in [5, 5.41) is 2.27. The molecule has 0 saturated heterocycles. The van der Waals surface area contributed by atoms with Gasteiger partial charge < -0.3 is 4.57 Å². The molecule has 0 fully saturated rings. The lowest BCUT2D eigenvalue weighted by atomic mass is 10.1. The van der Waals surface area contributed by atoms with Gasteiger partial charge in [0.25, 0.3) is 5.91 Å². The van der Waals surface area contributed by atoms with Gasteiger partial charge in [0.2, 0.25) is 10.0 Å². The zero-order chi connectivity index (χ0) is 26.0. The summed E-state index contributed by atoms with van der Waals surface area (Å²) in [6.07, 6.45) is 0. The van der Waals surface area contributed by atoms with Gasteiger partial charge in [-0.25, -0.2) is 8.42 Å². The van der Waals surface area contributed by atoms with Crippen LogP contribution in [0.2, 0.25) is 0 Å². The van der Waals surface area contributed by atoms with Crippen molar-refractivity contribution in [2.24, 2.45) is 4.99 Å². The van der Waals surface area contributed by atoms with Gasteiger partial charge in [0.15, 0.2) is 4.80 Å². The molecule has 0 aliphatic rings. The normalized spacial score (nSPS) is 12.6. The Hall–Kier alpha value is -3.59. The number of amides is 1. The van der Waals surface area contributed by atoms with E-state index in [9.17, 15) is 13.2 Å². The number of nitrogens with zero attached hydrogens (tertiary/aromatic N) is 3. The fraction of sp³-hybridized carbons (Fsp3) is 0.172. The van der Waals surface area contributed by atoms with Crippen LogP contribution in [0.15, 0.2) is 101 Å². The highest BCUT2D eigenvalue weighted by molar-refractivity contribution is 7.89. The van der Waals surface area contributed by atoms with E-state index in [1.165, 1.54) is 39.9 Å². The molecule has 0 N–H and O–H groups in total. The van der Waals surface area contributed by atoms with E-state index in [1.807, 2.05) is 60.9 Å². The van der Waals surface area contributed by atoms with Crippen LogP contribution in [0.5, 0.6) is 0 Å². The maximum atomic E-state index is 13.2. The summed E-state index contributed by atoms with van der Waals surface area (Å²) in [7, 11) is -3.71. The number of sulfonamides is 1. The summed E-state index contributed by atoms with van der Waals surface area (Å²) in [6, 6.07) is 27.8. The van der Waals surface area contributed by atoms with Crippen LogP contribution in [-0.2, 0) is 23.1 Å². The summed E-state index contributed by atoms with van der Waals surface area (Å²) in [5.74, 6) is -0.404. The molecule has 1 heterocycles. The SMILES string of the molecule is CCN(Cc1ccccc1)S(=O)(=O)c1ccc(C(=O)N=c2sc3c4ccccc4ccc3n2CC)cc1. The Morgan fingerprint density at radius 3 is 2.30 bits per heavy atom. The molecular formula is C29H27N3O3S2. The number of thiazole rings is 1. The number of benzene rings is 4. The van der Waals surface area contributed by atoms with E-state index in [2.05, 4.69) is 29.3 Å². The quantitative estimate of drug-likeness (QED) is 0.266. The summed E-state index contributed by atoms with van der Waals surface area (Å²) in [5.41, 5.74) is 2.30. The standard InChI is InChI=1S/C29H27N3O3S2/c1-3-31(20-21-10-6-5-7-11-21)37(34,35)24-17-14-23(15-18-24)28(33)30-29-32(4-2)26-19-16-22-12-8-9-13-25(22)27(26)36-29/h5-19H,3-4,20H2,1-2H3. The van der Waals surface area contributed by atoms with Gasteiger partial charge in [-0.1, -0.05) is 78.9 Å². The average molecular weight is 530 g/mol. The van der Waals surface area contributed by atoms with E-state index in [0.717, 1.165) is 26.6 Å². The Balaban J connectivity index is 1.45. The Bertz CT molecular complexity index is 1750. The minimum Gasteiger partial charge on any atom is -0.317 e. The molecule has 0 aliphatic heterocycles. The van der Waals surface area contributed by atoms with Crippen LogP contribution in [-0.4, -0.2) is 29.7 Å². The van der Waals surface area contributed by atoms with Crippen LogP contribution >= 0.6 is 11.3 Å². The van der Waals surface area contributed by atoms with Gasteiger partial charge in [0, 0.05) is 30.6 Å². The van der Waals surface area contributed by atoms with Crippen LogP contribution in [0.25, 0.3) is 21.0 Å². The van der Waals surface area contributed by atoms with Crippen molar-refractivity contribution < 1.29 is 13.2 Å². The highest BCUT2D eigenvalue weighted by atomic mass is 32.2. The van der Waals surface area contributed by atoms with Crippen molar-refractivity contribution in [3.05, 3.63) is 107 Å². The van der Waals surface area contributed by atoms with Crippen molar-refractivity contribution in [3.8, 4) is 0 Å². The van der Waals surface area contributed by atoms with Crippen LogP contribution in [0.4, 0.5) is 0 Å². The number of hydrogen-bond donors (Lipinski definition) is 0. The number of carbonyl (C=O) groups is 1. The molecule has 8 heteroatoms. The Morgan fingerprint density at radius 2 is 1.59 bits per heavy atom. The summed E-state index contributed by atoms with van der Waals surface area (Å²) in [4.78, 5) is 18.3. The predicted molar refractivity (Wildman–Crippen MR) is 149 cm³/mol. The smallest absolute Gasteiger partial charge is 0.279 e. The van der Waals surface area contributed by atoms with Gasteiger partial charge in [0.1, 0.15) is 0 Å². The molecule has 188 valence electrons. The first-order chi connectivity index (χ1) is 17.9. The van der Waals surface area contributed by atoms with Crippen molar-refractivity contribution in [3.63, 3.8) is 0 Å². The number of aryl methyl sites for hydroxylation is 1. The Morgan fingerprint density at radius 1 is 0.892 bits per heavy atom. The van der Waals surface area contributed by atoms with Crippen molar-refractivity contribution in [2.45, 2.75) is 31.8 Å². The Kier molecular flexibility index (Phi) is 7.06. The van der Waals surface area contributed by atoms with Crippen molar-refractivity contribution >= 4 is 48.3 Å². The molecule has 0 aliphatic carbocycles. The Labute approximate surface area is 220 Å². The van der Waals surface area contributed by atoms with Crippen LogP contribution in [0, 0.1) is 0 Å². The molecule has 0 bridgehead atoms. The minimum atomic E-state index is -3.71. The fourth-order valence-corrected chi connectivity index (χ4v) is 7.08. The van der Waals surface area contributed by atoms with E-state index >= 15 is 0 Å². The lowest BCUT2D eigenvalue weighted by molar-refractivity contribution is 0.0997. The second-order valence-corrected chi connectivity index (χ2v) is 11.5. The van der Waals surface area contributed by atoms with E-state index in [4.69, 9.17) is 0 Å². The monoisotopic (exact) mass is 529 g/mol. The van der Waals surface area contributed by atoms with E-state index in [1.54, 1.807) is 0 Å². The highest BCUT2D eigenvalue weighted by Gasteiger charge is 2.23. The molecule has 0 unspecified atom stereocenters. The van der Waals surface area contributed by atoms with Crippen molar-refractivity contribution in [2.75, 3.05) is 6.54 Å². The third-order valence-electron chi connectivity index (χ3n) is 6.38. The van der Waals surface area contributed by atoms with E-state index in [0.29, 0.717) is 23.5 Å². The number of rotatable bonds is 7. The van der Waals surface area contributed by atoms with Crippen LogP contribution < -0.4 is 4.80 Å². The summed E-state index contributed by atoms with van der Waals surface area (Å²) in [6.45, 7) is 5.14. The van der Waals surface area contributed by atoms with E-state index in [-0.39, 0.29) is 11.4 Å². The number of hydrogen-bond acceptors (Lipinski definition) is 4. The molecule has 0 atom stereocenters. The number of carbonyl (C=O) groups excluding carboxylic acids is 1. The molecule has 5 rings (SSSR count). The van der Waals surface area contributed by atoms with E-state index < -0.39 is 15.9 Å². The molecule has 4 aromatic carbocycles. The summed E-state index contributed by atoms with van der Waals surface area (Å²) < 4.78 is 31.0. The van der Waals surface area contributed by atoms with Crippen molar-refractivity contribution in [1.29, 1.82) is 0 Å². The second-order valence-electron chi connectivity index (χ2n) is 8.62. The zero-order valence-electron chi connectivity index (χ0n) is 20.7. The molecule has 0 radical (unpaired) electrons. The van der Waals surface area contributed by atoms with Crippen LogP contribution in [0.1, 0.15) is 29.8 Å². The van der Waals surface area contributed by atoms with Gasteiger partial charge in [-0.3, -0.25) is 4.79 Å². The van der Waals surface area contributed by atoms with Crippen LogP contribution in [0.3, 0.4) is 0 Å². The predicted octanol–water partition coefficient (Wildman–Crippen LogP) is 5.83.